The van der Waals surface area contributed by atoms with Crippen LogP contribution < -0.4 is 0 Å². The van der Waals surface area contributed by atoms with Crippen molar-refractivity contribution in [3.63, 3.8) is 0 Å². The molecule has 0 spiro atoms. The molecule has 1 fully saturated rings. The first-order valence-electron chi connectivity index (χ1n) is 6.36. The van der Waals surface area contributed by atoms with E-state index < -0.39 is 0 Å². The molecule has 0 aromatic carbocycles. The van der Waals surface area contributed by atoms with Crippen molar-refractivity contribution >= 4 is 0 Å². The number of aliphatic hydroxyl groups is 1. The maximum absolute atomic E-state index is 9.88. The normalized spacial score (nSPS) is 20.2. The minimum atomic E-state index is -0.270. The van der Waals surface area contributed by atoms with Gasteiger partial charge < -0.3 is 14.6 Å². The molecule has 1 saturated carbocycles. The quantitative estimate of drug-likeness (QED) is 0.682. The second-order valence-electron chi connectivity index (χ2n) is 5.40. The van der Waals surface area contributed by atoms with Gasteiger partial charge in [0.05, 0.1) is 18.3 Å². The van der Waals surface area contributed by atoms with Crippen LogP contribution in [-0.4, -0.2) is 37.1 Å². The van der Waals surface area contributed by atoms with Crippen molar-refractivity contribution in [2.75, 3.05) is 20.3 Å². The zero-order valence-electron chi connectivity index (χ0n) is 10.9. The lowest BCUT2D eigenvalue weighted by Crippen LogP contribution is -2.27. The second-order valence-corrected chi connectivity index (χ2v) is 5.40. The van der Waals surface area contributed by atoms with E-state index in [-0.39, 0.29) is 11.7 Å². The Bertz CT molecular complexity index is 186. The number of aliphatic hydroxyl groups excluding tert-OH is 1. The largest absolute Gasteiger partial charge is 0.390 e. The van der Waals surface area contributed by atoms with Crippen molar-refractivity contribution in [3.05, 3.63) is 0 Å². The van der Waals surface area contributed by atoms with E-state index in [0.717, 1.165) is 19.3 Å². The summed E-state index contributed by atoms with van der Waals surface area (Å²) >= 11 is 0. The molecule has 0 radical (unpaired) electrons. The van der Waals surface area contributed by atoms with Crippen molar-refractivity contribution < 1.29 is 14.6 Å². The number of hydrogen-bond acceptors (Lipinski definition) is 3. The fourth-order valence-electron chi connectivity index (χ4n) is 2.10. The molecule has 0 bridgehead atoms. The van der Waals surface area contributed by atoms with E-state index in [1.807, 2.05) is 13.8 Å². The Balaban J connectivity index is 2.06. The Kier molecular flexibility index (Phi) is 5.73. The molecule has 3 heteroatoms. The van der Waals surface area contributed by atoms with Crippen LogP contribution in [0.4, 0.5) is 0 Å². The van der Waals surface area contributed by atoms with Crippen LogP contribution in [0, 0.1) is 5.92 Å². The van der Waals surface area contributed by atoms with Gasteiger partial charge in [0.25, 0.3) is 0 Å². The molecule has 3 nitrogen and oxygen atoms in total. The van der Waals surface area contributed by atoms with E-state index in [9.17, 15) is 5.11 Å². The van der Waals surface area contributed by atoms with E-state index >= 15 is 0 Å². The van der Waals surface area contributed by atoms with E-state index in [2.05, 4.69) is 0 Å². The van der Waals surface area contributed by atoms with Crippen LogP contribution in [0.5, 0.6) is 0 Å². The predicted octanol–water partition coefficient (Wildman–Crippen LogP) is 2.37. The summed E-state index contributed by atoms with van der Waals surface area (Å²) in [5, 5.41) is 9.88. The van der Waals surface area contributed by atoms with Gasteiger partial charge in [0.15, 0.2) is 0 Å². The van der Waals surface area contributed by atoms with Gasteiger partial charge in [0.1, 0.15) is 0 Å². The molecule has 1 unspecified atom stereocenters. The topological polar surface area (TPSA) is 38.7 Å². The fourth-order valence-corrected chi connectivity index (χ4v) is 2.10. The van der Waals surface area contributed by atoms with Gasteiger partial charge in [-0.2, -0.15) is 0 Å². The Morgan fingerprint density at radius 2 is 1.94 bits per heavy atom. The highest BCUT2D eigenvalue weighted by molar-refractivity contribution is 4.74. The molecule has 1 aliphatic carbocycles. The molecule has 0 saturated heterocycles. The first-order valence-corrected chi connectivity index (χ1v) is 6.36. The summed E-state index contributed by atoms with van der Waals surface area (Å²) in [6, 6.07) is 0. The third-order valence-corrected chi connectivity index (χ3v) is 3.63. The minimum absolute atomic E-state index is 0.127. The summed E-state index contributed by atoms with van der Waals surface area (Å²) in [6.45, 7) is 5.22. The number of rotatable bonds is 7. The number of hydrogen-bond donors (Lipinski definition) is 1. The van der Waals surface area contributed by atoms with E-state index in [1.54, 1.807) is 7.11 Å². The van der Waals surface area contributed by atoms with Gasteiger partial charge in [-0.25, -0.2) is 0 Å². The standard InChI is InChI=1S/C13H26O3/c1-13(2,15-3)8-9-16-10-12(14)11-6-4-5-7-11/h11-12,14H,4-10H2,1-3H3. The molecule has 0 aromatic rings. The third kappa shape index (κ3) is 4.81. The SMILES string of the molecule is COC(C)(C)CCOCC(O)C1CCCC1. The van der Waals surface area contributed by atoms with Crippen molar-refractivity contribution in [1.29, 1.82) is 0 Å². The van der Waals surface area contributed by atoms with Crippen LogP contribution in [0.1, 0.15) is 46.0 Å². The molecule has 1 N–H and O–H groups in total. The van der Waals surface area contributed by atoms with Gasteiger partial charge in [-0.15, -0.1) is 0 Å². The Hall–Kier alpha value is -0.120. The van der Waals surface area contributed by atoms with Crippen LogP contribution in [0.2, 0.25) is 0 Å². The van der Waals surface area contributed by atoms with Crippen molar-refractivity contribution in [2.24, 2.45) is 5.92 Å². The Morgan fingerprint density at radius 1 is 1.31 bits per heavy atom. The van der Waals surface area contributed by atoms with Crippen molar-refractivity contribution in [2.45, 2.75) is 57.7 Å². The summed E-state index contributed by atoms with van der Waals surface area (Å²) in [7, 11) is 1.72. The lowest BCUT2D eigenvalue weighted by Gasteiger charge is -2.23. The zero-order chi connectivity index (χ0) is 12.0. The molecule has 16 heavy (non-hydrogen) atoms. The lowest BCUT2D eigenvalue weighted by molar-refractivity contribution is -0.0338. The minimum Gasteiger partial charge on any atom is -0.390 e. The van der Waals surface area contributed by atoms with Gasteiger partial charge in [-0.1, -0.05) is 12.8 Å². The Morgan fingerprint density at radius 3 is 2.50 bits per heavy atom. The number of ether oxygens (including phenoxy) is 2. The summed E-state index contributed by atoms with van der Waals surface area (Å²) < 4.78 is 10.8. The molecular weight excluding hydrogens is 204 g/mol. The van der Waals surface area contributed by atoms with Gasteiger partial charge in [-0.05, 0) is 39.0 Å². The smallest absolute Gasteiger partial charge is 0.0801 e. The summed E-state index contributed by atoms with van der Waals surface area (Å²) in [4.78, 5) is 0. The zero-order valence-corrected chi connectivity index (χ0v) is 10.9. The van der Waals surface area contributed by atoms with Crippen molar-refractivity contribution in [1.82, 2.24) is 0 Å². The van der Waals surface area contributed by atoms with Crippen LogP contribution in [0.25, 0.3) is 0 Å². The van der Waals surface area contributed by atoms with Crippen LogP contribution in [0.15, 0.2) is 0 Å². The lowest BCUT2D eigenvalue weighted by atomic mass is 10.0. The van der Waals surface area contributed by atoms with Gasteiger partial charge >= 0.3 is 0 Å². The molecule has 0 amide bonds. The molecule has 0 aromatic heterocycles. The molecule has 96 valence electrons. The maximum Gasteiger partial charge on any atom is 0.0801 e. The van der Waals surface area contributed by atoms with E-state index in [1.165, 1.54) is 12.8 Å². The third-order valence-electron chi connectivity index (χ3n) is 3.63. The van der Waals surface area contributed by atoms with Crippen LogP contribution in [-0.2, 0) is 9.47 Å². The average molecular weight is 230 g/mol. The summed E-state index contributed by atoms with van der Waals surface area (Å²) in [6.07, 6.45) is 5.44. The monoisotopic (exact) mass is 230 g/mol. The highest BCUT2D eigenvalue weighted by Crippen LogP contribution is 2.27. The predicted molar refractivity (Wildman–Crippen MR) is 64.5 cm³/mol. The molecule has 1 atom stereocenters. The summed E-state index contributed by atoms with van der Waals surface area (Å²) in [5.74, 6) is 0.468. The molecular formula is C13H26O3. The maximum atomic E-state index is 9.88. The average Bonchev–Trinajstić information content (AvgIpc) is 2.77. The molecule has 0 aliphatic heterocycles. The first-order chi connectivity index (χ1) is 7.55. The summed E-state index contributed by atoms with van der Waals surface area (Å²) in [5.41, 5.74) is -0.127. The van der Waals surface area contributed by atoms with Crippen LogP contribution in [0.3, 0.4) is 0 Å². The molecule has 0 heterocycles. The number of methoxy groups -OCH3 is 1. The van der Waals surface area contributed by atoms with Gasteiger partial charge in [0.2, 0.25) is 0 Å². The first kappa shape index (κ1) is 13.9. The Labute approximate surface area is 99.1 Å². The van der Waals surface area contributed by atoms with Gasteiger partial charge in [-0.3, -0.25) is 0 Å². The highest BCUT2D eigenvalue weighted by Gasteiger charge is 2.23. The second kappa shape index (κ2) is 6.58. The van der Waals surface area contributed by atoms with E-state index in [4.69, 9.17) is 9.47 Å². The van der Waals surface area contributed by atoms with Crippen LogP contribution >= 0.6 is 0 Å². The van der Waals surface area contributed by atoms with Gasteiger partial charge in [0, 0.05) is 13.7 Å². The highest BCUT2D eigenvalue weighted by atomic mass is 16.5. The van der Waals surface area contributed by atoms with E-state index in [0.29, 0.717) is 19.1 Å². The molecule has 1 rings (SSSR count). The molecule has 1 aliphatic rings. The fraction of sp³-hybridized carbons (Fsp3) is 1.00. The van der Waals surface area contributed by atoms with Crippen molar-refractivity contribution in [3.8, 4) is 0 Å².